The van der Waals surface area contributed by atoms with E-state index in [9.17, 15) is 5.11 Å². The van der Waals surface area contributed by atoms with Crippen molar-refractivity contribution in [1.82, 2.24) is 4.90 Å². The number of piperidine rings is 1. The summed E-state index contributed by atoms with van der Waals surface area (Å²) < 4.78 is 5.72. The third-order valence-electron chi connectivity index (χ3n) is 4.32. The van der Waals surface area contributed by atoms with E-state index in [0.717, 1.165) is 18.8 Å². The second kappa shape index (κ2) is 8.14. The maximum Gasteiger partial charge on any atom is 0.119 e. The molecule has 1 heterocycles. The Morgan fingerprint density at radius 2 is 1.52 bits per heavy atom. The monoisotopic (exact) mass is 311 g/mol. The highest BCUT2D eigenvalue weighted by Crippen LogP contribution is 2.22. The van der Waals surface area contributed by atoms with Gasteiger partial charge in [0.05, 0.1) is 0 Å². The first-order valence-corrected chi connectivity index (χ1v) is 8.50. The van der Waals surface area contributed by atoms with Gasteiger partial charge in [0.25, 0.3) is 0 Å². The Morgan fingerprint density at radius 1 is 0.870 bits per heavy atom. The van der Waals surface area contributed by atoms with E-state index in [1.807, 2.05) is 30.3 Å². The second-order valence-electron chi connectivity index (χ2n) is 6.22. The molecule has 23 heavy (non-hydrogen) atoms. The van der Waals surface area contributed by atoms with Crippen molar-refractivity contribution in [2.24, 2.45) is 0 Å². The van der Waals surface area contributed by atoms with E-state index in [0.29, 0.717) is 13.2 Å². The van der Waals surface area contributed by atoms with Crippen LogP contribution in [0.4, 0.5) is 0 Å². The highest BCUT2D eigenvalue weighted by molar-refractivity contribution is 5.63. The first kappa shape index (κ1) is 16.0. The van der Waals surface area contributed by atoms with Crippen molar-refractivity contribution in [3.63, 3.8) is 0 Å². The molecule has 2 aromatic rings. The van der Waals surface area contributed by atoms with Gasteiger partial charge in [-0.15, -0.1) is 0 Å². The van der Waals surface area contributed by atoms with Gasteiger partial charge >= 0.3 is 0 Å². The van der Waals surface area contributed by atoms with Gasteiger partial charge in [-0.3, -0.25) is 0 Å². The van der Waals surface area contributed by atoms with Gasteiger partial charge in [0.1, 0.15) is 18.5 Å². The summed E-state index contributed by atoms with van der Waals surface area (Å²) in [6, 6.07) is 18.3. The van der Waals surface area contributed by atoms with Gasteiger partial charge in [-0.2, -0.15) is 0 Å². The van der Waals surface area contributed by atoms with Crippen LogP contribution in [-0.2, 0) is 0 Å². The molecule has 2 aromatic carbocycles. The quantitative estimate of drug-likeness (QED) is 0.885. The van der Waals surface area contributed by atoms with E-state index in [1.54, 1.807) is 0 Å². The van der Waals surface area contributed by atoms with Crippen LogP contribution in [0, 0.1) is 0 Å². The van der Waals surface area contributed by atoms with Crippen molar-refractivity contribution in [2.75, 3.05) is 26.2 Å². The average Bonchev–Trinajstić information content (AvgIpc) is 2.62. The molecular formula is C20H25NO2. The third kappa shape index (κ3) is 4.81. The molecule has 122 valence electrons. The molecule has 0 aliphatic carbocycles. The van der Waals surface area contributed by atoms with Crippen molar-refractivity contribution < 1.29 is 9.84 Å². The highest BCUT2D eigenvalue weighted by Gasteiger charge is 2.14. The van der Waals surface area contributed by atoms with Crippen LogP contribution in [0.3, 0.4) is 0 Å². The third-order valence-corrected chi connectivity index (χ3v) is 4.32. The number of nitrogens with zero attached hydrogens (tertiary/aromatic N) is 1. The Labute approximate surface area is 138 Å². The predicted molar refractivity (Wildman–Crippen MR) is 93.7 cm³/mol. The molecule has 0 bridgehead atoms. The number of rotatable bonds is 6. The molecule has 0 aromatic heterocycles. The van der Waals surface area contributed by atoms with Crippen molar-refractivity contribution in [3.8, 4) is 16.9 Å². The lowest BCUT2D eigenvalue weighted by atomic mass is 10.1. The fourth-order valence-corrected chi connectivity index (χ4v) is 3.06. The number of aliphatic hydroxyl groups is 1. The lowest BCUT2D eigenvalue weighted by molar-refractivity contribution is 0.0617. The Hall–Kier alpha value is -1.84. The van der Waals surface area contributed by atoms with Crippen LogP contribution in [0.5, 0.6) is 5.75 Å². The molecule has 1 atom stereocenters. The summed E-state index contributed by atoms with van der Waals surface area (Å²) in [5.74, 6) is 0.808. The van der Waals surface area contributed by atoms with Crippen LogP contribution < -0.4 is 4.74 Å². The Morgan fingerprint density at radius 3 is 2.22 bits per heavy atom. The zero-order valence-electron chi connectivity index (χ0n) is 13.5. The normalized spacial score (nSPS) is 16.9. The smallest absolute Gasteiger partial charge is 0.119 e. The first-order valence-electron chi connectivity index (χ1n) is 8.50. The lowest BCUT2D eigenvalue weighted by Gasteiger charge is -2.28. The summed E-state index contributed by atoms with van der Waals surface area (Å²) in [6.07, 6.45) is 3.38. The summed E-state index contributed by atoms with van der Waals surface area (Å²) in [7, 11) is 0. The van der Waals surface area contributed by atoms with E-state index in [4.69, 9.17) is 4.74 Å². The molecular weight excluding hydrogens is 286 g/mol. The lowest BCUT2D eigenvalue weighted by Crippen LogP contribution is -2.38. The Kier molecular flexibility index (Phi) is 5.67. The van der Waals surface area contributed by atoms with E-state index < -0.39 is 6.10 Å². The summed E-state index contributed by atoms with van der Waals surface area (Å²) in [4.78, 5) is 2.33. The van der Waals surface area contributed by atoms with Crippen molar-refractivity contribution in [2.45, 2.75) is 25.4 Å². The summed E-state index contributed by atoms with van der Waals surface area (Å²) in [5.41, 5.74) is 2.37. The van der Waals surface area contributed by atoms with Crippen molar-refractivity contribution >= 4 is 0 Å². The molecule has 0 spiro atoms. The van der Waals surface area contributed by atoms with Gasteiger partial charge in [0, 0.05) is 6.54 Å². The second-order valence-corrected chi connectivity index (χ2v) is 6.22. The van der Waals surface area contributed by atoms with Gasteiger partial charge in [-0.25, -0.2) is 0 Å². The molecule has 1 aliphatic heterocycles. The standard InChI is InChI=1S/C20H25NO2/c22-19(15-21-13-5-2-6-14-21)16-23-20-11-9-18(10-12-20)17-7-3-1-4-8-17/h1,3-4,7-12,19,22H,2,5-6,13-16H2. The minimum absolute atomic E-state index is 0.348. The molecule has 1 N–H and O–H groups in total. The Bertz CT molecular complexity index is 576. The molecule has 1 fully saturated rings. The topological polar surface area (TPSA) is 32.7 Å². The summed E-state index contributed by atoms with van der Waals surface area (Å²) in [5, 5.41) is 10.1. The Balaban J connectivity index is 1.48. The van der Waals surface area contributed by atoms with E-state index in [-0.39, 0.29) is 0 Å². The molecule has 1 saturated heterocycles. The number of benzene rings is 2. The number of likely N-dealkylation sites (tertiary alicyclic amines) is 1. The fraction of sp³-hybridized carbons (Fsp3) is 0.400. The van der Waals surface area contributed by atoms with Crippen LogP contribution in [0.1, 0.15) is 19.3 Å². The van der Waals surface area contributed by atoms with Crippen LogP contribution in [0.15, 0.2) is 54.6 Å². The summed E-state index contributed by atoms with van der Waals surface area (Å²) >= 11 is 0. The molecule has 0 saturated carbocycles. The SMILES string of the molecule is OC(COc1ccc(-c2ccccc2)cc1)CN1CCCCC1. The van der Waals surface area contributed by atoms with Crippen LogP contribution in [-0.4, -0.2) is 42.4 Å². The van der Waals surface area contributed by atoms with Crippen LogP contribution >= 0.6 is 0 Å². The molecule has 1 aliphatic rings. The van der Waals surface area contributed by atoms with E-state index in [2.05, 4.69) is 29.2 Å². The maximum atomic E-state index is 10.1. The minimum Gasteiger partial charge on any atom is -0.491 e. The van der Waals surface area contributed by atoms with Gasteiger partial charge in [0.15, 0.2) is 0 Å². The largest absolute Gasteiger partial charge is 0.491 e. The highest BCUT2D eigenvalue weighted by atomic mass is 16.5. The van der Waals surface area contributed by atoms with Crippen molar-refractivity contribution in [1.29, 1.82) is 0 Å². The minimum atomic E-state index is -0.429. The number of ether oxygens (including phenoxy) is 1. The molecule has 3 rings (SSSR count). The van der Waals surface area contributed by atoms with Gasteiger partial charge in [-0.1, -0.05) is 48.9 Å². The maximum absolute atomic E-state index is 10.1. The van der Waals surface area contributed by atoms with Gasteiger partial charge in [-0.05, 0) is 49.2 Å². The number of hydrogen-bond acceptors (Lipinski definition) is 3. The van der Waals surface area contributed by atoms with Gasteiger partial charge < -0.3 is 14.7 Å². The fourth-order valence-electron chi connectivity index (χ4n) is 3.06. The van der Waals surface area contributed by atoms with E-state index >= 15 is 0 Å². The molecule has 0 amide bonds. The zero-order valence-corrected chi connectivity index (χ0v) is 13.5. The molecule has 3 heteroatoms. The van der Waals surface area contributed by atoms with E-state index in [1.165, 1.54) is 30.4 Å². The van der Waals surface area contributed by atoms with Crippen LogP contribution in [0.2, 0.25) is 0 Å². The number of β-amino-alcohol motifs (C(OH)–C–C–N with tert-alkyl or cyclic N) is 1. The summed E-state index contributed by atoms with van der Waals surface area (Å²) in [6.45, 7) is 3.26. The predicted octanol–water partition coefficient (Wildman–Crippen LogP) is 3.58. The molecule has 1 unspecified atom stereocenters. The number of aliphatic hydroxyl groups excluding tert-OH is 1. The van der Waals surface area contributed by atoms with Crippen LogP contribution in [0.25, 0.3) is 11.1 Å². The average molecular weight is 311 g/mol. The van der Waals surface area contributed by atoms with Crippen molar-refractivity contribution in [3.05, 3.63) is 54.6 Å². The number of hydrogen-bond donors (Lipinski definition) is 1. The van der Waals surface area contributed by atoms with Gasteiger partial charge in [0.2, 0.25) is 0 Å². The zero-order chi connectivity index (χ0) is 15.9. The molecule has 0 radical (unpaired) electrons. The first-order chi connectivity index (χ1) is 11.3. The molecule has 3 nitrogen and oxygen atoms in total.